The summed E-state index contributed by atoms with van der Waals surface area (Å²) in [5.74, 6) is 1.10. The number of carbonyl (C=O) groups is 1. The fourth-order valence-electron chi connectivity index (χ4n) is 3.42. The average Bonchev–Trinajstić information content (AvgIpc) is 3.15. The zero-order valence-electron chi connectivity index (χ0n) is 19.2. The molecule has 0 spiro atoms. The predicted molar refractivity (Wildman–Crippen MR) is 140 cm³/mol. The third-order valence-electron chi connectivity index (χ3n) is 5.15. The third kappa shape index (κ3) is 5.82. The van der Waals surface area contributed by atoms with E-state index in [1.165, 1.54) is 17.3 Å². The number of hydrogen-bond donors (Lipinski definition) is 1. The van der Waals surface area contributed by atoms with Crippen molar-refractivity contribution >= 4 is 46.2 Å². The number of benzene rings is 3. The molecule has 1 aliphatic rings. The summed E-state index contributed by atoms with van der Waals surface area (Å²) in [7, 11) is 0. The molecular weight excluding hydrogens is 468 g/mol. The first-order valence-electron chi connectivity index (χ1n) is 10.9. The van der Waals surface area contributed by atoms with Crippen molar-refractivity contribution in [3.05, 3.63) is 92.8 Å². The lowest BCUT2D eigenvalue weighted by Crippen LogP contribution is -2.19. The molecule has 0 radical (unpaired) electrons. The number of ether oxygens (including phenoxy) is 2. The molecule has 3 aromatic rings. The van der Waals surface area contributed by atoms with Gasteiger partial charge in [-0.05, 0) is 79.6 Å². The predicted octanol–water partition coefficient (Wildman–Crippen LogP) is 6.83. The van der Waals surface area contributed by atoms with Crippen LogP contribution in [0, 0.1) is 13.8 Å². The van der Waals surface area contributed by atoms with Gasteiger partial charge in [-0.1, -0.05) is 53.6 Å². The van der Waals surface area contributed by atoms with E-state index in [1.54, 1.807) is 0 Å². The molecule has 0 unspecified atom stereocenters. The smallest absolute Gasteiger partial charge is 0.264 e. The van der Waals surface area contributed by atoms with Crippen LogP contribution in [0.3, 0.4) is 0 Å². The highest BCUT2D eigenvalue weighted by Gasteiger charge is 2.24. The summed E-state index contributed by atoms with van der Waals surface area (Å²) in [6, 6.07) is 19.4. The van der Waals surface area contributed by atoms with Crippen molar-refractivity contribution in [3.8, 4) is 11.5 Å². The van der Waals surface area contributed by atoms with Gasteiger partial charge in [0.1, 0.15) is 6.61 Å². The minimum Gasteiger partial charge on any atom is -0.490 e. The van der Waals surface area contributed by atoms with Crippen LogP contribution in [0.1, 0.15) is 29.2 Å². The number of aryl methyl sites for hydroxylation is 1. The number of amides is 1. The van der Waals surface area contributed by atoms with E-state index in [-0.39, 0.29) is 5.91 Å². The molecule has 1 fully saturated rings. The number of carbonyl (C=O) groups excluding carboxylic acids is 1. The van der Waals surface area contributed by atoms with Gasteiger partial charge in [-0.25, -0.2) is 4.99 Å². The van der Waals surface area contributed by atoms with Crippen LogP contribution in [0.15, 0.2) is 70.6 Å². The van der Waals surface area contributed by atoms with E-state index in [1.807, 2.05) is 68.5 Å². The van der Waals surface area contributed by atoms with Crippen LogP contribution in [0.4, 0.5) is 5.69 Å². The molecule has 1 aliphatic heterocycles. The molecule has 1 heterocycles. The Morgan fingerprint density at radius 3 is 2.65 bits per heavy atom. The molecule has 0 aromatic heterocycles. The fraction of sp³-hybridized carbons (Fsp3) is 0.185. The molecule has 174 valence electrons. The van der Waals surface area contributed by atoms with Crippen LogP contribution in [-0.4, -0.2) is 17.7 Å². The van der Waals surface area contributed by atoms with Crippen LogP contribution >= 0.6 is 23.4 Å². The molecule has 1 amide bonds. The molecule has 7 heteroatoms. The van der Waals surface area contributed by atoms with Crippen LogP contribution in [0.2, 0.25) is 5.02 Å². The van der Waals surface area contributed by atoms with E-state index < -0.39 is 0 Å². The number of halogens is 1. The summed E-state index contributed by atoms with van der Waals surface area (Å²) in [6.45, 7) is 6.84. The lowest BCUT2D eigenvalue weighted by atomic mass is 10.1. The summed E-state index contributed by atoms with van der Waals surface area (Å²) in [5.41, 5.74) is 4.71. The van der Waals surface area contributed by atoms with Crippen molar-refractivity contribution in [1.82, 2.24) is 5.32 Å². The second-order valence-electron chi connectivity index (χ2n) is 7.78. The summed E-state index contributed by atoms with van der Waals surface area (Å²) < 4.78 is 11.8. The number of thioether (sulfide) groups is 1. The maximum absolute atomic E-state index is 12.5. The highest BCUT2D eigenvalue weighted by Crippen LogP contribution is 2.34. The fourth-order valence-corrected chi connectivity index (χ4v) is 4.43. The van der Waals surface area contributed by atoms with E-state index >= 15 is 0 Å². The Hall–Kier alpha value is -3.22. The normalized spacial score (nSPS) is 15.6. The number of nitrogens with one attached hydrogen (secondary N) is 1. The van der Waals surface area contributed by atoms with E-state index in [2.05, 4.69) is 29.4 Å². The number of hydrogen-bond acceptors (Lipinski definition) is 5. The summed E-state index contributed by atoms with van der Waals surface area (Å²) >= 11 is 7.47. The maximum atomic E-state index is 12.5. The van der Waals surface area contributed by atoms with E-state index in [0.717, 1.165) is 22.4 Å². The van der Waals surface area contributed by atoms with E-state index in [9.17, 15) is 4.79 Å². The van der Waals surface area contributed by atoms with Crippen molar-refractivity contribution in [1.29, 1.82) is 0 Å². The third-order valence-corrected chi connectivity index (χ3v) is 6.47. The lowest BCUT2D eigenvalue weighted by molar-refractivity contribution is -0.115. The zero-order valence-corrected chi connectivity index (χ0v) is 20.8. The second kappa shape index (κ2) is 10.8. The zero-order chi connectivity index (χ0) is 24.1. The molecular formula is C27H25ClN2O3S. The molecule has 5 nitrogen and oxygen atoms in total. The van der Waals surface area contributed by atoms with Crippen molar-refractivity contribution in [2.75, 3.05) is 6.61 Å². The lowest BCUT2D eigenvalue weighted by Gasteiger charge is -2.13. The highest BCUT2D eigenvalue weighted by atomic mass is 35.5. The summed E-state index contributed by atoms with van der Waals surface area (Å²) in [6.07, 6.45) is 1.82. The molecule has 1 N–H and O–H groups in total. The molecule has 0 atom stereocenters. The van der Waals surface area contributed by atoms with Crippen molar-refractivity contribution in [3.63, 3.8) is 0 Å². The standard InChI is InChI=1S/C27H25ClN2O3S/c1-4-32-24-14-19(11-12-23(24)33-16-20-8-5-7-17(2)13-20)15-25-26(31)30-27(34-25)29-22-10-6-9-21(28)18(22)3/h5-15H,4,16H2,1-3H3,(H,29,30,31)/b25-15-. The Labute approximate surface area is 208 Å². The quantitative estimate of drug-likeness (QED) is 0.367. The van der Waals surface area contributed by atoms with Gasteiger partial charge in [0.2, 0.25) is 0 Å². The van der Waals surface area contributed by atoms with E-state index in [4.69, 9.17) is 21.1 Å². The van der Waals surface area contributed by atoms with E-state index in [0.29, 0.717) is 39.8 Å². The Morgan fingerprint density at radius 2 is 1.85 bits per heavy atom. The number of amidine groups is 1. The van der Waals surface area contributed by atoms with Gasteiger partial charge >= 0.3 is 0 Å². The van der Waals surface area contributed by atoms with Crippen LogP contribution in [-0.2, 0) is 11.4 Å². The maximum Gasteiger partial charge on any atom is 0.264 e. The van der Waals surface area contributed by atoms with Crippen LogP contribution < -0.4 is 14.8 Å². The highest BCUT2D eigenvalue weighted by molar-refractivity contribution is 8.18. The van der Waals surface area contributed by atoms with Crippen molar-refractivity contribution in [2.45, 2.75) is 27.4 Å². The van der Waals surface area contributed by atoms with Gasteiger partial charge in [0.15, 0.2) is 16.7 Å². The van der Waals surface area contributed by atoms with Gasteiger partial charge in [0, 0.05) is 5.02 Å². The Kier molecular flexibility index (Phi) is 7.60. The molecule has 4 rings (SSSR count). The minimum absolute atomic E-state index is 0.193. The average molecular weight is 493 g/mol. The minimum atomic E-state index is -0.193. The first-order valence-corrected chi connectivity index (χ1v) is 12.1. The second-order valence-corrected chi connectivity index (χ2v) is 9.22. The molecule has 0 bridgehead atoms. The topological polar surface area (TPSA) is 59.9 Å². The first-order chi connectivity index (χ1) is 16.4. The summed E-state index contributed by atoms with van der Waals surface area (Å²) in [5, 5.41) is 3.98. The van der Waals surface area contributed by atoms with Crippen LogP contribution in [0.25, 0.3) is 6.08 Å². The Bertz CT molecular complexity index is 1290. The van der Waals surface area contributed by atoms with Gasteiger partial charge in [0.05, 0.1) is 17.2 Å². The van der Waals surface area contributed by atoms with Gasteiger partial charge in [0.25, 0.3) is 5.91 Å². The molecule has 0 saturated carbocycles. The monoisotopic (exact) mass is 492 g/mol. The number of nitrogens with zero attached hydrogens (tertiary/aromatic N) is 1. The summed E-state index contributed by atoms with van der Waals surface area (Å²) in [4.78, 5) is 17.6. The Balaban J connectivity index is 1.52. The number of rotatable bonds is 7. The molecule has 0 aliphatic carbocycles. The van der Waals surface area contributed by atoms with Gasteiger partial charge in [-0.2, -0.15) is 0 Å². The van der Waals surface area contributed by atoms with Crippen molar-refractivity contribution in [2.24, 2.45) is 4.99 Å². The molecule has 3 aromatic carbocycles. The largest absolute Gasteiger partial charge is 0.490 e. The SMILES string of the molecule is CCOc1cc(/C=C2\SC(=Nc3cccc(Cl)c3C)NC2=O)ccc1OCc1cccc(C)c1. The molecule has 1 saturated heterocycles. The van der Waals surface area contributed by atoms with Gasteiger partial charge < -0.3 is 14.8 Å². The van der Waals surface area contributed by atoms with Gasteiger partial charge in [-0.3, -0.25) is 4.79 Å². The van der Waals surface area contributed by atoms with Crippen LogP contribution in [0.5, 0.6) is 11.5 Å². The van der Waals surface area contributed by atoms with Crippen molar-refractivity contribution < 1.29 is 14.3 Å². The van der Waals surface area contributed by atoms with Gasteiger partial charge in [-0.15, -0.1) is 0 Å². The first kappa shape index (κ1) is 23.9. The molecule has 34 heavy (non-hydrogen) atoms. The number of aliphatic imine (C=N–C) groups is 1. The Morgan fingerprint density at radius 1 is 1.03 bits per heavy atom.